The Morgan fingerprint density at radius 3 is 2.22 bits per heavy atom. The van der Waals surface area contributed by atoms with Crippen molar-refractivity contribution >= 4 is 12.2 Å². The SMILES string of the molecule is CC(C)(C)OC(=O)NCCC1(O)CCN(C(=O)OC(C)(C)C)C1. The summed E-state index contributed by atoms with van der Waals surface area (Å²) in [4.78, 5) is 25.1. The third kappa shape index (κ3) is 7.54. The first-order valence-electron chi connectivity index (χ1n) is 7.97. The lowest BCUT2D eigenvalue weighted by molar-refractivity contribution is 0.0118. The van der Waals surface area contributed by atoms with E-state index in [1.807, 2.05) is 0 Å². The standard InChI is InChI=1S/C16H30N2O5/c1-14(2,3)22-12(19)17-9-7-16(21)8-10-18(11-16)13(20)23-15(4,5)6/h21H,7-11H2,1-6H3,(H,17,19). The van der Waals surface area contributed by atoms with E-state index in [0.29, 0.717) is 19.4 Å². The number of carbonyl (C=O) groups excluding carboxylic acids is 2. The first-order valence-corrected chi connectivity index (χ1v) is 7.97. The van der Waals surface area contributed by atoms with E-state index in [1.165, 1.54) is 4.90 Å². The van der Waals surface area contributed by atoms with Crippen LogP contribution in [-0.4, -0.2) is 58.6 Å². The summed E-state index contributed by atoms with van der Waals surface area (Å²) in [7, 11) is 0. The van der Waals surface area contributed by atoms with Gasteiger partial charge in [-0.1, -0.05) is 0 Å². The molecule has 1 aliphatic heterocycles. The van der Waals surface area contributed by atoms with Crippen LogP contribution in [-0.2, 0) is 9.47 Å². The Kier molecular flexibility index (Phi) is 5.90. The van der Waals surface area contributed by atoms with Gasteiger partial charge in [-0.25, -0.2) is 9.59 Å². The minimum atomic E-state index is -1.01. The average molecular weight is 330 g/mol. The van der Waals surface area contributed by atoms with Gasteiger partial charge in [0.15, 0.2) is 0 Å². The van der Waals surface area contributed by atoms with Crippen LogP contribution in [0.15, 0.2) is 0 Å². The van der Waals surface area contributed by atoms with E-state index >= 15 is 0 Å². The minimum Gasteiger partial charge on any atom is -0.444 e. The molecule has 1 atom stereocenters. The summed E-state index contributed by atoms with van der Waals surface area (Å²) in [6.07, 6.45) is -0.120. The fraction of sp³-hybridized carbons (Fsp3) is 0.875. The van der Waals surface area contributed by atoms with Gasteiger partial charge in [0.05, 0.1) is 12.1 Å². The van der Waals surface area contributed by atoms with E-state index in [4.69, 9.17) is 9.47 Å². The van der Waals surface area contributed by atoms with Crippen molar-refractivity contribution in [1.82, 2.24) is 10.2 Å². The number of aliphatic hydroxyl groups is 1. The van der Waals surface area contributed by atoms with Crippen LogP contribution in [0.4, 0.5) is 9.59 Å². The van der Waals surface area contributed by atoms with Gasteiger partial charge in [0.2, 0.25) is 0 Å². The van der Waals surface area contributed by atoms with Gasteiger partial charge >= 0.3 is 12.2 Å². The molecule has 0 aliphatic carbocycles. The van der Waals surface area contributed by atoms with Gasteiger partial charge in [-0.3, -0.25) is 0 Å². The number of hydrogen-bond acceptors (Lipinski definition) is 5. The van der Waals surface area contributed by atoms with Gasteiger partial charge in [-0.2, -0.15) is 0 Å². The molecule has 134 valence electrons. The third-order valence-electron chi connectivity index (χ3n) is 3.24. The Labute approximate surface area is 138 Å². The number of carbonyl (C=O) groups is 2. The monoisotopic (exact) mass is 330 g/mol. The zero-order chi connectivity index (χ0) is 17.9. The molecule has 1 saturated heterocycles. The summed E-state index contributed by atoms with van der Waals surface area (Å²) in [6, 6.07) is 0. The quantitative estimate of drug-likeness (QED) is 0.829. The number of nitrogens with one attached hydrogen (secondary N) is 1. The van der Waals surface area contributed by atoms with Gasteiger partial charge in [0, 0.05) is 13.1 Å². The van der Waals surface area contributed by atoms with Crippen LogP contribution in [0.1, 0.15) is 54.4 Å². The first kappa shape index (κ1) is 19.5. The molecule has 1 fully saturated rings. The fourth-order valence-corrected chi connectivity index (χ4v) is 2.25. The molecule has 0 aromatic heterocycles. The van der Waals surface area contributed by atoms with Crippen molar-refractivity contribution in [2.45, 2.75) is 71.2 Å². The molecule has 7 heteroatoms. The largest absolute Gasteiger partial charge is 0.444 e. The second kappa shape index (κ2) is 6.95. The van der Waals surface area contributed by atoms with Gasteiger partial charge < -0.3 is 24.8 Å². The maximum atomic E-state index is 12.0. The highest BCUT2D eigenvalue weighted by Crippen LogP contribution is 2.26. The normalized spacial score (nSPS) is 22.0. The van der Waals surface area contributed by atoms with Crippen molar-refractivity contribution < 1.29 is 24.2 Å². The minimum absolute atomic E-state index is 0.206. The molecule has 0 spiro atoms. The Bertz CT molecular complexity index is 439. The zero-order valence-electron chi connectivity index (χ0n) is 15.1. The molecular formula is C16H30N2O5. The lowest BCUT2D eigenvalue weighted by Crippen LogP contribution is -2.41. The first-order chi connectivity index (χ1) is 10.3. The van der Waals surface area contributed by atoms with Crippen LogP contribution >= 0.6 is 0 Å². The second-order valence-corrected chi connectivity index (χ2v) is 8.05. The van der Waals surface area contributed by atoms with Crippen molar-refractivity contribution in [2.24, 2.45) is 0 Å². The average Bonchev–Trinajstić information content (AvgIpc) is 2.67. The molecule has 2 N–H and O–H groups in total. The molecule has 1 heterocycles. The van der Waals surface area contributed by atoms with E-state index in [0.717, 1.165) is 0 Å². The van der Waals surface area contributed by atoms with E-state index in [-0.39, 0.29) is 13.1 Å². The van der Waals surface area contributed by atoms with E-state index in [1.54, 1.807) is 41.5 Å². The molecule has 0 bridgehead atoms. The molecular weight excluding hydrogens is 300 g/mol. The highest BCUT2D eigenvalue weighted by atomic mass is 16.6. The summed E-state index contributed by atoms with van der Waals surface area (Å²) in [6.45, 7) is 11.7. The molecule has 1 aliphatic rings. The number of likely N-dealkylation sites (tertiary alicyclic amines) is 1. The van der Waals surface area contributed by atoms with Crippen molar-refractivity contribution in [3.05, 3.63) is 0 Å². The summed E-state index contributed by atoms with van der Waals surface area (Å²) in [5.74, 6) is 0. The van der Waals surface area contributed by atoms with Gasteiger partial charge in [-0.15, -0.1) is 0 Å². The smallest absolute Gasteiger partial charge is 0.410 e. The number of ether oxygens (including phenoxy) is 2. The molecule has 0 saturated carbocycles. The van der Waals surface area contributed by atoms with Gasteiger partial charge in [0.1, 0.15) is 11.2 Å². The summed E-state index contributed by atoms with van der Waals surface area (Å²) in [5.41, 5.74) is -2.12. The number of alkyl carbamates (subject to hydrolysis) is 1. The molecule has 2 amide bonds. The number of β-amino-alcohol motifs (C(OH)–C–C–N with tert-alkyl or cyclic N) is 1. The second-order valence-electron chi connectivity index (χ2n) is 8.05. The molecule has 0 radical (unpaired) electrons. The Morgan fingerprint density at radius 1 is 1.13 bits per heavy atom. The maximum Gasteiger partial charge on any atom is 0.410 e. The number of nitrogens with zero attached hydrogens (tertiary/aromatic N) is 1. The van der Waals surface area contributed by atoms with Crippen LogP contribution in [0, 0.1) is 0 Å². The molecule has 0 aromatic carbocycles. The Balaban J connectivity index is 2.38. The molecule has 1 unspecified atom stereocenters. The van der Waals surface area contributed by atoms with Crippen molar-refractivity contribution in [3.63, 3.8) is 0 Å². The predicted octanol–water partition coefficient (Wildman–Crippen LogP) is 2.27. The zero-order valence-corrected chi connectivity index (χ0v) is 15.1. The van der Waals surface area contributed by atoms with Crippen LogP contribution in [0.5, 0.6) is 0 Å². The highest BCUT2D eigenvalue weighted by Gasteiger charge is 2.39. The van der Waals surface area contributed by atoms with Crippen molar-refractivity contribution in [1.29, 1.82) is 0 Å². The van der Waals surface area contributed by atoms with Crippen LogP contribution in [0.3, 0.4) is 0 Å². The van der Waals surface area contributed by atoms with Crippen molar-refractivity contribution in [2.75, 3.05) is 19.6 Å². The van der Waals surface area contributed by atoms with E-state index in [9.17, 15) is 14.7 Å². The van der Waals surface area contributed by atoms with Crippen molar-refractivity contribution in [3.8, 4) is 0 Å². The molecule has 23 heavy (non-hydrogen) atoms. The number of rotatable bonds is 3. The number of amides is 2. The van der Waals surface area contributed by atoms with Crippen LogP contribution in [0.25, 0.3) is 0 Å². The highest BCUT2D eigenvalue weighted by molar-refractivity contribution is 5.69. The Hall–Kier alpha value is -1.50. The summed E-state index contributed by atoms with van der Waals surface area (Å²) >= 11 is 0. The lowest BCUT2D eigenvalue weighted by Gasteiger charge is -2.26. The van der Waals surface area contributed by atoms with Gasteiger partial charge in [-0.05, 0) is 54.4 Å². The van der Waals surface area contributed by atoms with E-state index in [2.05, 4.69) is 5.32 Å². The summed E-state index contributed by atoms with van der Waals surface area (Å²) < 4.78 is 10.4. The van der Waals surface area contributed by atoms with E-state index < -0.39 is 29.0 Å². The molecule has 7 nitrogen and oxygen atoms in total. The van der Waals surface area contributed by atoms with Crippen LogP contribution < -0.4 is 5.32 Å². The predicted molar refractivity (Wildman–Crippen MR) is 86.2 cm³/mol. The van der Waals surface area contributed by atoms with Crippen LogP contribution in [0.2, 0.25) is 0 Å². The molecule has 0 aromatic rings. The topological polar surface area (TPSA) is 88.1 Å². The summed E-state index contributed by atoms with van der Waals surface area (Å²) in [5, 5.41) is 13.1. The molecule has 1 rings (SSSR count). The van der Waals surface area contributed by atoms with Gasteiger partial charge in [0.25, 0.3) is 0 Å². The number of hydrogen-bond donors (Lipinski definition) is 2. The Morgan fingerprint density at radius 2 is 1.70 bits per heavy atom. The maximum absolute atomic E-state index is 12.0. The third-order valence-corrected chi connectivity index (χ3v) is 3.24. The fourth-order valence-electron chi connectivity index (χ4n) is 2.25. The lowest BCUT2D eigenvalue weighted by atomic mass is 9.99.